The van der Waals surface area contributed by atoms with Gasteiger partial charge in [0.2, 0.25) is 0 Å². The van der Waals surface area contributed by atoms with E-state index in [9.17, 15) is 0 Å². The molecule has 4 rings (SSSR count). The molecule has 0 saturated heterocycles. The Morgan fingerprint density at radius 1 is 0.818 bits per heavy atom. The minimum atomic E-state index is 0.752. The van der Waals surface area contributed by atoms with Crippen LogP contribution in [0.3, 0.4) is 0 Å². The maximum Gasteiger partial charge on any atom is 0.136 e. The van der Waals surface area contributed by atoms with Crippen LogP contribution >= 0.6 is 0 Å². The lowest BCUT2D eigenvalue weighted by Gasteiger charge is -2.09. The van der Waals surface area contributed by atoms with E-state index in [0.717, 1.165) is 30.3 Å². The summed E-state index contributed by atoms with van der Waals surface area (Å²) < 4.78 is 0. The topological polar surface area (TPSA) is 38.7 Å². The Morgan fingerprint density at radius 2 is 1.55 bits per heavy atom. The number of aryl methyl sites for hydroxylation is 2. The molecule has 2 aromatic carbocycles. The van der Waals surface area contributed by atoms with Crippen LogP contribution in [0.1, 0.15) is 34.2 Å². The van der Waals surface area contributed by atoms with Gasteiger partial charge in [0.05, 0.1) is 0 Å². The van der Waals surface area contributed by atoms with E-state index in [-0.39, 0.29) is 0 Å². The van der Waals surface area contributed by atoms with Gasteiger partial charge >= 0.3 is 0 Å². The Morgan fingerprint density at radius 3 is 2.36 bits per heavy atom. The molecule has 0 amide bonds. The number of rotatable bonds is 2. The van der Waals surface area contributed by atoms with Gasteiger partial charge in [0.1, 0.15) is 17.5 Å². The molecule has 108 valence electrons. The smallest absolute Gasteiger partial charge is 0.136 e. The van der Waals surface area contributed by atoms with Gasteiger partial charge in [-0.2, -0.15) is 0 Å². The van der Waals surface area contributed by atoms with Crippen molar-refractivity contribution in [1.29, 1.82) is 0 Å². The van der Waals surface area contributed by atoms with Gasteiger partial charge < -0.3 is 0 Å². The second-order valence-electron chi connectivity index (χ2n) is 5.81. The molecule has 0 fully saturated rings. The SMILES string of the molecule is Cc1nc(C)nc(Cc2cccc3c2-c2ccccc2C3)n1. The number of fused-ring (bicyclic) bond motifs is 3. The van der Waals surface area contributed by atoms with Crippen LogP contribution in [-0.2, 0) is 12.8 Å². The third-order valence-electron chi connectivity index (χ3n) is 4.16. The molecular weight excluding hydrogens is 270 g/mol. The Hall–Kier alpha value is -2.55. The fraction of sp³-hybridized carbons (Fsp3) is 0.211. The molecule has 0 N–H and O–H groups in total. The van der Waals surface area contributed by atoms with Gasteiger partial charge in [-0.1, -0.05) is 42.5 Å². The molecule has 0 unspecified atom stereocenters. The standard InChI is InChI=1S/C19H17N3/c1-12-20-13(2)22-18(21-12)11-16-8-5-7-15-10-14-6-3-4-9-17(14)19(15)16/h3-9H,10-11H2,1-2H3. The average Bonchev–Trinajstić information content (AvgIpc) is 2.85. The van der Waals surface area contributed by atoms with Crippen LogP contribution in [0.2, 0.25) is 0 Å². The van der Waals surface area contributed by atoms with Crippen LogP contribution in [0.25, 0.3) is 11.1 Å². The quantitative estimate of drug-likeness (QED) is 0.565. The van der Waals surface area contributed by atoms with Crippen molar-refractivity contribution in [3.05, 3.63) is 76.6 Å². The highest BCUT2D eigenvalue weighted by molar-refractivity contribution is 5.79. The Bertz CT molecular complexity index is 848. The molecule has 0 bridgehead atoms. The van der Waals surface area contributed by atoms with Crippen LogP contribution in [0, 0.1) is 13.8 Å². The summed E-state index contributed by atoms with van der Waals surface area (Å²) in [7, 11) is 0. The summed E-state index contributed by atoms with van der Waals surface area (Å²) in [5, 5.41) is 0. The van der Waals surface area contributed by atoms with E-state index in [0.29, 0.717) is 0 Å². The lowest BCUT2D eigenvalue weighted by atomic mass is 9.97. The summed E-state index contributed by atoms with van der Waals surface area (Å²) in [6.07, 6.45) is 1.77. The van der Waals surface area contributed by atoms with E-state index in [4.69, 9.17) is 0 Å². The molecule has 1 aliphatic rings. The van der Waals surface area contributed by atoms with Crippen molar-refractivity contribution in [2.45, 2.75) is 26.7 Å². The molecule has 3 nitrogen and oxygen atoms in total. The molecule has 0 saturated carbocycles. The summed E-state index contributed by atoms with van der Waals surface area (Å²) >= 11 is 0. The van der Waals surface area contributed by atoms with Crippen molar-refractivity contribution in [2.75, 3.05) is 0 Å². The predicted octanol–water partition coefficient (Wildman–Crippen LogP) is 3.65. The summed E-state index contributed by atoms with van der Waals surface area (Å²) in [6.45, 7) is 3.84. The summed E-state index contributed by atoms with van der Waals surface area (Å²) in [5.41, 5.74) is 6.84. The fourth-order valence-corrected chi connectivity index (χ4v) is 3.35. The van der Waals surface area contributed by atoms with Crippen molar-refractivity contribution in [1.82, 2.24) is 15.0 Å². The molecule has 0 spiro atoms. The van der Waals surface area contributed by atoms with Crippen molar-refractivity contribution < 1.29 is 0 Å². The highest BCUT2D eigenvalue weighted by Crippen LogP contribution is 2.39. The zero-order chi connectivity index (χ0) is 15.1. The maximum absolute atomic E-state index is 4.49. The number of nitrogens with zero attached hydrogens (tertiary/aromatic N) is 3. The lowest BCUT2D eigenvalue weighted by Crippen LogP contribution is -2.04. The third kappa shape index (κ3) is 2.19. The molecule has 1 aliphatic carbocycles. The van der Waals surface area contributed by atoms with Gasteiger partial charge in [-0.15, -0.1) is 0 Å². The van der Waals surface area contributed by atoms with Crippen LogP contribution in [0.5, 0.6) is 0 Å². The summed E-state index contributed by atoms with van der Waals surface area (Å²) in [4.78, 5) is 13.2. The largest absolute Gasteiger partial charge is 0.219 e. The van der Waals surface area contributed by atoms with Crippen LogP contribution in [0.4, 0.5) is 0 Å². The molecule has 0 radical (unpaired) electrons. The van der Waals surface area contributed by atoms with Gasteiger partial charge in [0, 0.05) is 6.42 Å². The average molecular weight is 287 g/mol. The first kappa shape index (κ1) is 13.1. The van der Waals surface area contributed by atoms with Crippen molar-refractivity contribution >= 4 is 0 Å². The highest BCUT2D eigenvalue weighted by atomic mass is 15.0. The number of benzene rings is 2. The van der Waals surface area contributed by atoms with Crippen molar-refractivity contribution in [3.63, 3.8) is 0 Å². The molecule has 0 aliphatic heterocycles. The molecule has 1 heterocycles. The molecule has 0 atom stereocenters. The van der Waals surface area contributed by atoms with E-state index in [1.54, 1.807) is 0 Å². The van der Waals surface area contributed by atoms with E-state index < -0.39 is 0 Å². The molecule has 1 aromatic heterocycles. The maximum atomic E-state index is 4.49. The van der Waals surface area contributed by atoms with Crippen molar-refractivity contribution in [3.8, 4) is 11.1 Å². The lowest BCUT2D eigenvalue weighted by molar-refractivity contribution is 0.843. The minimum Gasteiger partial charge on any atom is -0.219 e. The second-order valence-corrected chi connectivity index (χ2v) is 5.81. The van der Waals surface area contributed by atoms with Crippen molar-refractivity contribution in [2.24, 2.45) is 0 Å². The Balaban J connectivity index is 1.81. The number of hydrogen-bond acceptors (Lipinski definition) is 3. The number of hydrogen-bond donors (Lipinski definition) is 0. The minimum absolute atomic E-state index is 0.752. The van der Waals surface area contributed by atoms with Crippen LogP contribution in [-0.4, -0.2) is 15.0 Å². The molecular formula is C19H17N3. The zero-order valence-electron chi connectivity index (χ0n) is 12.8. The molecule has 3 heteroatoms. The van der Waals surface area contributed by atoms with Gasteiger partial charge in [-0.3, -0.25) is 0 Å². The predicted molar refractivity (Wildman–Crippen MR) is 86.8 cm³/mol. The summed E-state index contributed by atoms with van der Waals surface area (Å²) in [6, 6.07) is 15.2. The highest BCUT2D eigenvalue weighted by Gasteiger charge is 2.21. The van der Waals surface area contributed by atoms with Gasteiger partial charge in [-0.25, -0.2) is 15.0 Å². The first-order valence-corrected chi connectivity index (χ1v) is 7.58. The van der Waals surface area contributed by atoms with E-state index in [1.165, 1.54) is 27.8 Å². The zero-order valence-corrected chi connectivity index (χ0v) is 12.8. The second kappa shape index (κ2) is 5.02. The van der Waals surface area contributed by atoms with E-state index >= 15 is 0 Å². The summed E-state index contributed by atoms with van der Waals surface area (Å²) in [5.74, 6) is 2.42. The van der Waals surface area contributed by atoms with E-state index in [2.05, 4.69) is 57.4 Å². The molecule has 3 aromatic rings. The first-order chi connectivity index (χ1) is 10.7. The van der Waals surface area contributed by atoms with Gasteiger partial charge in [-0.05, 0) is 48.1 Å². The van der Waals surface area contributed by atoms with E-state index in [1.807, 2.05) is 13.8 Å². The first-order valence-electron chi connectivity index (χ1n) is 7.58. The van der Waals surface area contributed by atoms with Crippen LogP contribution < -0.4 is 0 Å². The Labute approximate surface area is 130 Å². The fourth-order valence-electron chi connectivity index (χ4n) is 3.35. The number of aromatic nitrogens is 3. The van der Waals surface area contributed by atoms with Gasteiger partial charge in [0.25, 0.3) is 0 Å². The monoisotopic (exact) mass is 287 g/mol. The normalized spacial score (nSPS) is 12.1. The Kier molecular flexibility index (Phi) is 3.00. The molecule has 22 heavy (non-hydrogen) atoms. The van der Waals surface area contributed by atoms with Gasteiger partial charge in [0.15, 0.2) is 0 Å². The third-order valence-corrected chi connectivity index (χ3v) is 4.16. The van der Waals surface area contributed by atoms with Crippen LogP contribution in [0.15, 0.2) is 42.5 Å².